The highest BCUT2D eigenvalue weighted by Gasteiger charge is 2.27. The summed E-state index contributed by atoms with van der Waals surface area (Å²) in [6.45, 7) is 14.5. The van der Waals surface area contributed by atoms with Gasteiger partial charge in [0.2, 0.25) is 0 Å². The zero-order valence-corrected chi connectivity index (χ0v) is 18.2. The molecule has 0 unspecified atom stereocenters. The van der Waals surface area contributed by atoms with Crippen LogP contribution < -0.4 is 10.5 Å². The number of halogens is 1. The minimum Gasteiger partial charge on any atom is -0.318 e. The largest absolute Gasteiger partial charge is 0.318 e. The van der Waals surface area contributed by atoms with Crippen molar-refractivity contribution in [1.82, 2.24) is 4.57 Å². The van der Waals surface area contributed by atoms with Crippen molar-refractivity contribution in [2.75, 3.05) is 0 Å². The molecule has 0 radical (unpaired) electrons. The van der Waals surface area contributed by atoms with E-state index in [0.29, 0.717) is 0 Å². The third kappa shape index (κ3) is 3.13. The van der Waals surface area contributed by atoms with E-state index in [1.54, 1.807) is 0 Å². The van der Waals surface area contributed by atoms with E-state index in [2.05, 4.69) is 86.3 Å². The van der Waals surface area contributed by atoms with E-state index in [9.17, 15) is 0 Å². The third-order valence-electron chi connectivity index (χ3n) is 4.49. The molecule has 0 saturated heterocycles. The zero-order chi connectivity index (χ0) is 17.7. The Morgan fingerprint density at radius 3 is 2.08 bits per heavy atom. The van der Waals surface area contributed by atoms with Gasteiger partial charge in [0.05, 0.1) is 21.7 Å². The summed E-state index contributed by atoms with van der Waals surface area (Å²) in [5, 5.41) is 5.05. The smallest absolute Gasteiger partial charge is 0.0990 e. The molecule has 0 N–H and O–H groups in total. The Hall–Kier alpha value is -1.30. The molecule has 2 aromatic carbocycles. The first-order valence-corrected chi connectivity index (χ1v) is 15.9. The number of fused-ring (bicyclic) bond motifs is 1. The van der Waals surface area contributed by atoms with E-state index >= 15 is 0 Å². The lowest BCUT2D eigenvalue weighted by Gasteiger charge is -2.26. The van der Waals surface area contributed by atoms with Crippen LogP contribution in [0.4, 0.5) is 0 Å². The number of nitrogens with zero attached hydrogens (tertiary/aromatic N) is 1. The summed E-state index contributed by atoms with van der Waals surface area (Å²) in [4.78, 5) is 0. The fraction of sp³-hybridized carbons (Fsp3) is 0.300. The number of hydrogen-bond acceptors (Lipinski definition) is 0. The van der Waals surface area contributed by atoms with Crippen molar-refractivity contribution in [2.45, 2.75) is 39.3 Å². The van der Waals surface area contributed by atoms with Crippen LogP contribution in [0.2, 0.25) is 44.3 Å². The second-order valence-corrected chi connectivity index (χ2v) is 19.1. The molecule has 0 saturated carbocycles. The third-order valence-corrected chi connectivity index (χ3v) is 8.67. The van der Waals surface area contributed by atoms with Crippen LogP contribution in [0.25, 0.3) is 16.6 Å². The summed E-state index contributed by atoms with van der Waals surface area (Å²) >= 11 is 6.34. The predicted octanol–water partition coefficient (Wildman–Crippen LogP) is 5.37. The highest BCUT2D eigenvalue weighted by molar-refractivity contribution is 6.90. The van der Waals surface area contributed by atoms with Crippen LogP contribution in [0.3, 0.4) is 0 Å². The number of para-hydroxylation sites is 1. The Morgan fingerprint density at radius 2 is 1.46 bits per heavy atom. The van der Waals surface area contributed by atoms with Crippen molar-refractivity contribution in [1.29, 1.82) is 0 Å². The minimum absolute atomic E-state index is 0.800. The van der Waals surface area contributed by atoms with E-state index in [1.165, 1.54) is 27.1 Å². The van der Waals surface area contributed by atoms with Crippen LogP contribution in [0.15, 0.2) is 48.5 Å². The van der Waals surface area contributed by atoms with E-state index in [0.717, 1.165) is 5.02 Å². The van der Waals surface area contributed by atoms with E-state index < -0.39 is 16.1 Å². The highest BCUT2D eigenvalue weighted by Crippen LogP contribution is 2.25. The molecular weight excluding hydrogens is 346 g/mol. The van der Waals surface area contributed by atoms with Crippen molar-refractivity contribution < 1.29 is 0 Å². The van der Waals surface area contributed by atoms with Crippen LogP contribution in [0, 0.1) is 0 Å². The zero-order valence-electron chi connectivity index (χ0n) is 15.4. The molecule has 1 heterocycles. The second-order valence-electron chi connectivity index (χ2n) is 8.59. The summed E-state index contributed by atoms with van der Waals surface area (Å²) in [6, 6.07) is 17.5. The molecule has 0 atom stereocenters. The maximum atomic E-state index is 6.34. The lowest BCUT2D eigenvalue weighted by atomic mass is 10.2. The number of hydrogen-bond donors (Lipinski definition) is 0. The number of aromatic nitrogens is 1. The van der Waals surface area contributed by atoms with Gasteiger partial charge in [0.25, 0.3) is 0 Å². The lowest BCUT2D eigenvalue weighted by Crippen LogP contribution is -2.46. The Balaban J connectivity index is 2.44. The van der Waals surface area contributed by atoms with Crippen molar-refractivity contribution in [3.63, 3.8) is 0 Å². The van der Waals surface area contributed by atoms with Gasteiger partial charge in [-0.05, 0) is 34.8 Å². The molecule has 4 heteroatoms. The average molecular weight is 372 g/mol. The maximum Gasteiger partial charge on any atom is 0.0990 e. The van der Waals surface area contributed by atoms with Gasteiger partial charge < -0.3 is 4.57 Å². The van der Waals surface area contributed by atoms with Crippen molar-refractivity contribution in [2.24, 2.45) is 0 Å². The standard InChI is InChI=1S/C20H26ClNSi2/c1-23(2,3)19-10-8-7-9-17(19)22-18-14-16(21)12-11-15(18)13-20(22)24(4,5)6/h7-14H,1-6H3. The van der Waals surface area contributed by atoms with Crippen LogP contribution in [-0.2, 0) is 0 Å². The number of rotatable bonds is 3. The molecule has 0 bridgehead atoms. The molecule has 24 heavy (non-hydrogen) atoms. The molecule has 3 rings (SSSR count). The van der Waals surface area contributed by atoms with Crippen molar-refractivity contribution in [3.05, 3.63) is 53.6 Å². The predicted molar refractivity (Wildman–Crippen MR) is 114 cm³/mol. The first-order valence-electron chi connectivity index (χ1n) is 8.50. The Kier molecular flexibility index (Phi) is 4.31. The maximum absolute atomic E-state index is 6.34. The van der Waals surface area contributed by atoms with Crippen LogP contribution >= 0.6 is 11.6 Å². The Morgan fingerprint density at radius 1 is 0.792 bits per heavy atom. The molecule has 126 valence electrons. The molecule has 0 aliphatic carbocycles. The normalized spacial score (nSPS) is 12.8. The van der Waals surface area contributed by atoms with Gasteiger partial charge >= 0.3 is 0 Å². The van der Waals surface area contributed by atoms with Crippen molar-refractivity contribution >= 4 is 49.2 Å². The summed E-state index contributed by atoms with van der Waals surface area (Å²) in [5.74, 6) is 0. The quantitative estimate of drug-likeness (QED) is 0.545. The van der Waals surface area contributed by atoms with Crippen LogP contribution in [-0.4, -0.2) is 20.7 Å². The second kappa shape index (κ2) is 5.90. The summed E-state index contributed by atoms with van der Waals surface area (Å²) in [7, 11) is -2.96. The highest BCUT2D eigenvalue weighted by atomic mass is 35.5. The van der Waals surface area contributed by atoms with Crippen LogP contribution in [0.1, 0.15) is 0 Å². The van der Waals surface area contributed by atoms with Gasteiger partial charge in [0.1, 0.15) is 0 Å². The van der Waals surface area contributed by atoms with E-state index in [1.807, 2.05) is 6.07 Å². The van der Waals surface area contributed by atoms with Gasteiger partial charge in [-0.3, -0.25) is 0 Å². The van der Waals surface area contributed by atoms with E-state index in [4.69, 9.17) is 11.6 Å². The Labute approximate surface area is 152 Å². The molecule has 0 fully saturated rings. The lowest BCUT2D eigenvalue weighted by molar-refractivity contribution is 1.16. The molecule has 3 aromatic rings. The van der Waals surface area contributed by atoms with Gasteiger partial charge in [-0.2, -0.15) is 0 Å². The van der Waals surface area contributed by atoms with Gasteiger partial charge in [-0.25, -0.2) is 0 Å². The summed E-state index contributed by atoms with van der Waals surface area (Å²) < 4.78 is 2.49. The fourth-order valence-electron chi connectivity index (χ4n) is 3.29. The van der Waals surface area contributed by atoms with Gasteiger partial charge in [0, 0.05) is 16.0 Å². The molecule has 1 nitrogen and oxygen atoms in total. The Bertz CT molecular complexity index is 898. The van der Waals surface area contributed by atoms with Crippen LogP contribution in [0.5, 0.6) is 0 Å². The topological polar surface area (TPSA) is 4.93 Å². The average Bonchev–Trinajstić information content (AvgIpc) is 2.85. The summed E-state index contributed by atoms with van der Waals surface area (Å²) in [6.07, 6.45) is 0. The molecule has 0 spiro atoms. The molecule has 0 aliphatic rings. The first kappa shape index (κ1) is 17.5. The monoisotopic (exact) mass is 371 g/mol. The van der Waals surface area contributed by atoms with Gasteiger partial charge in [-0.1, -0.05) is 75.1 Å². The molecule has 0 aliphatic heterocycles. The molecule has 0 amide bonds. The fourth-order valence-corrected chi connectivity index (χ4v) is 6.51. The number of benzene rings is 2. The molecular formula is C20H26ClNSi2. The summed E-state index contributed by atoms with van der Waals surface area (Å²) in [5.41, 5.74) is 2.57. The SMILES string of the molecule is C[Si](C)(C)c1ccccc1-n1c([Si](C)(C)C)cc2ccc(Cl)cc21. The first-order chi connectivity index (χ1) is 11.1. The van der Waals surface area contributed by atoms with Crippen molar-refractivity contribution in [3.8, 4) is 5.69 Å². The minimum atomic E-state index is -1.51. The van der Waals surface area contributed by atoms with E-state index in [-0.39, 0.29) is 0 Å². The van der Waals surface area contributed by atoms with Gasteiger partial charge in [-0.15, -0.1) is 0 Å². The molecule has 1 aromatic heterocycles. The van der Waals surface area contributed by atoms with Gasteiger partial charge in [0.15, 0.2) is 0 Å².